The van der Waals surface area contributed by atoms with Gasteiger partial charge in [0.15, 0.2) is 0 Å². The standard InChI is InChI=1S/C12H18N2O3/c1-2-9(4-6-15)7-14-11-8-13-5-3-10(11)12(16)17/h3,5,8-9,14-15H,2,4,6-7H2,1H3,(H,16,17). The average molecular weight is 238 g/mol. The van der Waals surface area contributed by atoms with E-state index in [1.807, 2.05) is 6.92 Å². The van der Waals surface area contributed by atoms with Crippen LogP contribution in [0.5, 0.6) is 0 Å². The van der Waals surface area contributed by atoms with Crippen molar-refractivity contribution in [1.82, 2.24) is 4.98 Å². The highest BCUT2D eigenvalue weighted by atomic mass is 16.4. The zero-order valence-electron chi connectivity index (χ0n) is 9.89. The minimum atomic E-state index is -0.967. The number of hydrogen-bond donors (Lipinski definition) is 3. The van der Waals surface area contributed by atoms with Crippen LogP contribution in [-0.2, 0) is 0 Å². The summed E-state index contributed by atoms with van der Waals surface area (Å²) in [5, 5.41) is 20.9. The summed E-state index contributed by atoms with van der Waals surface area (Å²) in [5.41, 5.74) is 0.746. The molecule has 0 aromatic carbocycles. The highest BCUT2D eigenvalue weighted by Crippen LogP contribution is 2.15. The second-order valence-corrected chi connectivity index (χ2v) is 3.89. The quantitative estimate of drug-likeness (QED) is 0.672. The van der Waals surface area contributed by atoms with Crippen molar-refractivity contribution in [2.24, 2.45) is 5.92 Å². The molecule has 5 heteroatoms. The number of carboxylic acids is 1. The zero-order chi connectivity index (χ0) is 12.7. The Morgan fingerprint density at radius 1 is 1.59 bits per heavy atom. The topological polar surface area (TPSA) is 82.5 Å². The van der Waals surface area contributed by atoms with Crippen molar-refractivity contribution in [3.05, 3.63) is 24.0 Å². The normalized spacial score (nSPS) is 12.1. The molecule has 0 spiro atoms. The van der Waals surface area contributed by atoms with Gasteiger partial charge in [0, 0.05) is 19.3 Å². The SMILES string of the molecule is CCC(CCO)CNc1cnccc1C(=O)O. The Labute approximate surface area is 101 Å². The molecule has 17 heavy (non-hydrogen) atoms. The van der Waals surface area contributed by atoms with E-state index < -0.39 is 5.97 Å². The van der Waals surface area contributed by atoms with Gasteiger partial charge in [0.25, 0.3) is 0 Å². The molecule has 94 valence electrons. The zero-order valence-corrected chi connectivity index (χ0v) is 9.89. The molecule has 1 aromatic rings. The van der Waals surface area contributed by atoms with Gasteiger partial charge < -0.3 is 15.5 Å². The Morgan fingerprint density at radius 3 is 2.94 bits per heavy atom. The van der Waals surface area contributed by atoms with Crippen molar-refractivity contribution in [2.45, 2.75) is 19.8 Å². The third kappa shape index (κ3) is 4.03. The van der Waals surface area contributed by atoms with Gasteiger partial charge in [-0.2, -0.15) is 0 Å². The van der Waals surface area contributed by atoms with Gasteiger partial charge in [-0.1, -0.05) is 13.3 Å². The summed E-state index contributed by atoms with van der Waals surface area (Å²) in [6, 6.07) is 1.47. The molecule has 0 aliphatic carbocycles. The molecule has 1 unspecified atom stereocenters. The van der Waals surface area contributed by atoms with E-state index in [0.29, 0.717) is 24.6 Å². The lowest BCUT2D eigenvalue weighted by Crippen LogP contribution is -2.16. The second-order valence-electron chi connectivity index (χ2n) is 3.89. The Morgan fingerprint density at radius 2 is 2.35 bits per heavy atom. The number of anilines is 1. The molecule has 1 heterocycles. The van der Waals surface area contributed by atoms with E-state index in [0.717, 1.165) is 6.42 Å². The number of nitrogens with zero attached hydrogens (tertiary/aromatic N) is 1. The maximum absolute atomic E-state index is 11.0. The number of nitrogens with one attached hydrogen (secondary N) is 1. The summed E-state index contributed by atoms with van der Waals surface area (Å²) in [4.78, 5) is 14.9. The fourth-order valence-corrected chi connectivity index (χ4v) is 1.61. The fourth-order valence-electron chi connectivity index (χ4n) is 1.61. The third-order valence-electron chi connectivity index (χ3n) is 2.75. The molecule has 0 saturated heterocycles. The summed E-state index contributed by atoms with van der Waals surface area (Å²) in [7, 11) is 0. The largest absolute Gasteiger partial charge is 0.478 e. The van der Waals surface area contributed by atoms with Crippen LogP contribution in [0.15, 0.2) is 18.5 Å². The van der Waals surface area contributed by atoms with Crippen LogP contribution in [0.1, 0.15) is 30.1 Å². The Bertz CT molecular complexity index is 369. The van der Waals surface area contributed by atoms with Gasteiger partial charge in [0.05, 0.1) is 17.4 Å². The van der Waals surface area contributed by atoms with Gasteiger partial charge in [0.2, 0.25) is 0 Å². The molecule has 0 amide bonds. The molecule has 0 aliphatic heterocycles. The highest BCUT2D eigenvalue weighted by molar-refractivity contribution is 5.93. The molecular weight excluding hydrogens is 220 g/mol. The fraction of sp³-hybridized carbons (Fsp3) is 0.500. The summed E-state index contributed by atoms with van der Waals surface area (Å²) < 4.78 is 0. The van der Waals surface area contributed by atoms with E-state index in [9.17, 15) is 4.79 Å². The predicted octanol–water partition coefficient (Wildman–Crippen LogP) is 1.60. The number of carboxylic acid groups (broad SMARTS) is 1. The number of aliphatic hydroxyl groups excluding tert-OH is 1. The first-order chi connectivity index (χ1) is 8.19. The molecule has 1 rings (SSSR count). The van der Waals surface area contributed by atoms with E-state index in [4.69, 9.17) is 10.2 Å². The van der Waals surface area contributed by atoms with Crippen LogP contribution in [0.25, 0.3) is 0 Å². The minimum absolute atomic E-state index is 0.152. The van der Waals surface area contributed by atoms with Crippen LogP contribution in [-0.4, -0.2) is 34.3 Å². The van der Waals surface area contributed by atoms with Crippen LogP contribution in [0.3, 0.4) is 0 Å². The lowest BCUT2D eigenvalue weighted by molar-refractivity contribution is 0.0697. The minimum Gasteiger partial charge on any atom is -0.478 e. The van der Waals surface area contributed by atoms with Gasteiger partial charge in [0.1, 0.15) is 0 Å². The van der Waals surface area contributed by atoms with E-state index in [1.54, 1.807) is 0 Å². The third-order valence-corrected chi connectivity index (χ3v) is 2.75. The first kappa shape index (κ1) is 13.4. The second kappa shape index (κ2) is 6.85. The number of aromatic carboxylic acids is 1. The van der Waals surface area contributed by atoms with Crippen molar-refractivity contribution >= 4 is 11.7 Å². The van der Waals surface area contributed by atoms with E-state index >= 15 is 0 Å². The number of rotatable bonds is 7. The number of pyridine rings is 1. The maximum Gasteiger partial charge on any atom is 0.337 e. The Hall–Kier alpha value is -1.62. The first-order valence-corrected chi connectivity index (χ1v) is 5.71. The summed E-state index contributed by atoms with van der Waals surface area (Å²) in [5.74, 6) is -0.632. The van der Waals surface area contributed by atoms with Crippen LogP contribution in [0.4, 0.5) is 5.69 Å². The van der Waals surface area contributed by atoms with Gasteiger partial charge in [-0.15, -0.1) is 0 Å². The number of aliphatic hydroxyl groups is 1. The summed E-state index contributed by atoms with van der Waals surface area (Å²) in [6.45, 7) is 2.84. The van der Waals surface area contributed by atoms with E-state index in [1.165, 1.54) is 18.5 Å². The molecule has 0 radical (unpaired) electrons. The molecule has 1 atom stereocenters. The van der Waals surface area contributed by atoms with Gasteiger partial charge in [-0.3, -0.25) is 4.98 Å². The first-order valence-electron chi connectivity index (χ1n) is 5.71. The van der Waals surface area contributed by atoms with Crippen molar-refractivity contribution in [2.75, 3.05) is 18.5 Å². The van der Waals surface area contributed by atoms with Crippen LogP contribution in [0.2, 0.25) is 0 Å². The lowest BCUT2D eigenvalue weighted by atomic mass is 10.0. The van der Waals surface area contributed by atoms with Gasteiger partial charge in [-0.25, -0.2) is 4.79 Å². The molecule has 0 aliphatic rings. The number of carbonyl (C=O) groups is 1. The molecule has 0 saturated carbocycles. The monoisotopic (exact) mass is 238 g/mol. The van der Waals surface area contributed by atoms with Crippen LogP contribution in [0, 0.1) is 5.92 Å². The van der Waals surface area contributed by atoms with Crippen molar-refractivity contribution in [3.63, 3.8) is 0 Å². The van der Waals surface area contributed by atoms with Crippen molar-refractivity contribution in [1.29, 1.82) is 0 Å². The summed E-state index contributed by atoms with van der Waals surface area (Å²) in [6.07, 6.45) is 4.62. The maximum atomic E-state index is 11.0. The average Bonchev–Trinajstić information content (AvgIpc) is 2.34. The van der Waals surface area contributed by atoms with Crippen molar-refractivity contribution in [3.8, 4) is 0 Å². The molecule has 0 bridgehead atoms. The van der Waals surface area contributed by atoms with Gasteiger partial charge >= 0.3 is 5.97 Å². The summed E-state index contributed by atoms with van der Waals surface area (Å²) >= 11 is 0. The highest BCUT2D eigenvalue weighted by Gasteiger charge is 2.11. The Kier molecular flexibility index (Phi) is 5.42. The van der Waals surface area contributed by atoms with Gasteiger partial charge in [-0.05, 0) is 18.4 Å². The molecule has 1 aromatic heterocycles. The van der Waals surface area contributed by atoms with Crippen LogP contribution >= 0.6 is 0 Å². The smallest absolute Gasteiger partial charge is 0.337 e. The van der Waals surface area contributed by atoms with E-state index in [-0.39, 0.29) is 12.2 Å². The Balaban J connectivity index is 2.65. The van der Waals surface area contributed by atoms with Crippen molar-refractivity contribution < 1.29 is 15.0 Å². The number of aromatic nitrogens is 1. The molecule has 0 fully saturated rings. The molecule has 3 N–H and O–H groups in total. The predicted molar refractivity (Wildman–Crippen MR) is 65.2 cm³/mol. The molecular formula is C12H18N2O3. The number of hydrogen-bond acceptors (Lipinski definition) is 4. The lowest BCUT2D eigenvalue weighted by Gasteiger charge is -2.16. The molecule has 5 nitrogen and oxygen atoms in total. The van der Waals surface area contributed by atoms with Crippen LogP contribution < -0.4 is 5.32 Å². The van der Waals surface area contributed by atoms with E-state index in [2.05, 4.69) is 10.3 Å².